The van der Waals surface area contributed by atoms with Gasteiger partial charge in [-0.1, -0.05) is 92.7 Å². The molecule has 3 rings (SSSR count). The van der Waals surface area contributed by atoms with Gasteiger partial charge in [0.1, 0.15) is 6.04 Å². The summed E-state index contributed by atoms with van der Waals surface area (Å²) in [6, 6.07) is 26.8. The van der Waals surface area contributed by atoms with Crippen LogP contribution in [0, 0.1) is 5.92 Å². The molecule has 208 valence electrons. The number of benzene rings is 3. The third kappa shape index (κ3) is 9.04. The molecule has 0 aliphatic carbocycles. The Kier molecular flexibility index (Phi) is 11.3. The molecule has 0 spiro atoms. The molecule has 1 unspecified atom stereocenters. The van der Waals surface area contributed by atoms with E-state index in [1.807, 2.05) is 74.5 Å². The molecule has 39 heavy (non-hydrogen) atoms. The van der Waals surface area contributed by atoms with E-state index in [-0.39, 0.29) is 42.1 Å². The Labute approximate surface area is 232 Å². The SMILES string of the molecule is CC(C)CNC(=O)C(Cc1ccccc1)N(Cc1ccccc1)C(=O)CCCN(C)S(=O)(=O)c1ccccc1. The maximum Gasteiger partial charge on any atom is 0.243 e. The molecule has 2 amide bonds. The summed E-state index contributed by atoms with van der Waals surface area (Å²) in [6.07, 6.45) is 0.828. The van der Waals surface area contributed by atoms with E-state index < -0.39 is 16.1 Å². The van der Waals surface area contributed by atoms with Crippen LogP contribution in [0.25, 0.3) is 0 Å². The average molecular weight is 550 g/mol. The highest BCUT2D eigenvalue weighted by molar-refractivity contribution is 7.89. The van der Waals surface area contributed by atoms with Crippen LogP contribution in [0.5, 0.6) is 0 Å². The van der Waals surface area contributed by atoms with Crippen molar-refractivity contribution in [1.82, 2.24) is 14.5 Å². The van der Waals surface area contributed by atoms with E-state index in [4.69, 9.17) is 0 Å². The predicted octanol–water partition coefficient (Wildman–Crippen LogP) is 4.50. The van der Waals surface area contributed by atoms with Gasteiger partial charge in [-0.25, -0.2) is 12.7 Å². The van der Waals surface area contributed by atoms with Gasteiger partial charge in [0.15, 0.2) is 0 Å². The van der Waals surface area contributed by atoms with Crippen molar-refractivity contribution in [3.05, 3.63) is 102 Å². The van der Waals surface area contributed by atoms with Gasteiger partial charge in [-0.2, -0.15) is 0 Å². The van der Waals surface area contributed by atoms with Crippen molar-refractivity contribution >= 4 is 21.8 Å². The normalized spacial score (nSPS) is 12.3. The monoisotopic (exact) mass is 549 g/mol. The summed E-state index contributed by atoms with van der Waals surface area (Å²) in [7, 11) is -2.13. The maximum atomic E-state index is 13.7. The first kappa shape index (κ1) is 30.1. The van der Waals surface area contributed by atoms with Gasteiger partial charge in [-0.05, 0) is 35.6 Å². The van der Waals surface area contributed by atoms with Gasteiger partial charge in [0.2, 0.25) is 21.8 Å². The zero-order chi connectivity index (χ0) is 28.3. The van der Waals surface area contributed by atoms with Crippen LogP contribution in [0.4, 0.5) is 0 Å². The van der Waals surface area contributed by atoms with Gasteiger partial charge in [0, 0.05) is 39.5 Å². The maximum absolute atomic E-state index is 13.7. The number of nitrogens with one attached hydrogen (secondary N) is 1. The van der Waals surface area contributed by atoms with Crippen LogP contribution in [0.1, 0.15) is 37.8 Å². The predicted molar refractivity (Wildman–Crippen MR) is 154 cm³/mol. The fraction of sp³-hybridized carbons (Fsp3) is 0.355. The van der Waals surface area contributed by atoms with Crippen molar-refractivity contribution in [2.45, 2.75) is 50.6 Å². The third-order valence-electron chi connectivity index (χ3n) is 6.47. The summed E-state index contributed by atoms with van der Waals surface area (Å²) >= 11 is 0. The van der Waals surface area contributed by atoms with Gasteiger partial charge in [-0.3, -0.25) is 9.59 Å². The average Bonchev–Trinajstić information content (AvgIpc) is 2.95. The highest BCUT2D eigenvalue weighted by Gasteiger charge is 2.30. The second kappa shape index (κ2) is 14.6. The van der Waals surface area contributed by atoms with Crippen LogP contribution in [0.3, 0.4) is 0 Å². The van der Waals surface area contributed by atoms with E-state index in [1.54, 1.807) is 35.2 Å². The molecule has 0 radical (unpaired) electrons. The van der Waals surface area contributed by atoms with Crippen LogP contribution in [-0.2, 0) is 32.6 Å². The van der Waals surface area contributed by atoms with Gasteiger partial charge in [0.05, 0.1) is 4.90 Å². The lowest BCUT2D eigenvalue weighted by Crippen LogP contribution is -2.51. The molecule has 0 saturated carbocycles. The second-order valence-corrected chi connectivity index (χ2v) is 12.1. The molecule has 0 saturated heterocycles. The van der Waals surface area contributed by atoms with Crippen molar-refractivity contribution < 1.29 is 18.0 Å². The summed E-state index contributed by atoms with van der Waals surface area (Å²) in [5, 5.41) is 3.02. The highest BCUT2D eigenvalue weighted by Crippen LogP contribution is 2.18. The largest absolute Gasteiger partial charge is 0.354 e. The minimum atomic E-state index is -3.65. The Hall–Kier alpha value is -3.49. The summed E-state index contributed by atoms with van der Waals surface area (Å²) < 4.78 is 27.0. The lowest BCUT2D eigenvalue weighted by molar-refractivity contribution is -0.141. The van der Waals surface area contributed by atoms with E-state index in [0.717, 1.165) is 11.1 Å². The lowest BCUT2D eigenvalue weighted by atomic mass is 10.0. The Balaban J connectivity index is 1.79. The minimum Gasteiger partial charge on any atom is -0.354 e. The van der Waals surface area contributed by atoms with Crippen molar-refractivity contribution in [2.24, 2.45) is 5.92 Å². The van der Waals surface area contributed by atoms with Crippen molar-refractivity contribution in [3.63, 3.8) is 0 Å². The summed E-state index contributed by atoms with van der Waals surface area (Å²) in [6.45, 7) is 5.04. The van der Waals surface area contributed by atoms with Gasteiger partial charge >= 0.3 is 0 Å². The first-order valence-corrected chi connectivity index (χ1v) is 14.8. The van der Waals surface area contributed by atoms with Crippen LogP contribution < -0.4 is 5.32 Å². The standard InChI is InChI=1S/C31H39N3O4S/c1-25(2)23-32-31(36)29(22-26-14-7-4-8-15-26)34(24-27-16-9-5-10-17-27)30(35)20-13-21-33(3)39(37,38)28-18-11-6-12-19-28/h4-12,14-19,25,29H,13,20-24H2,1-3H3,(H,32,36). The summed E-state index contributed by atoms with van der Waals surface area (Å²) in [5.41, 5.74) is 1.88. The second-order valence-electron chi connectivity index (χ2n) is 10.1. The fourth-order valence-corrected chi connectivity index (χ4v) is 5.48. The minimum absolute atomic E-state index is 0.115. The molecule has 0 fully saturated rings. The first-order valence-electron chi connectivity index (χ1n) is 13.3. The number of carbonyl (C=O) groups is 2. The number of hydrogen-bond donors (Lipinski definition) is 1. The van der Waals surface area contributed by atoms with E-state index in [9.17, 15) is 18.0 Å². The highest BCUT2D eigenvalue weighted by atomic mass is 32.2. The molecule has 1 atom stereocenters. The van der Waals surface area contributed by atoms with Gasteiger partial charge < -0.3 is 10.2 Å². The Morgan fingerprint density at radius 3 is 1.92 bits per heavy atom. The molecule has 3 aromatic rings. The number of carbonyl (C=O) groups excluding carboxylic acids is 2. The summed E-state index contributed by atoms with van der Waals surface area (Å²) in [4.78, 5) is 29.0. The summed E-state index contributed by atoms with van der Waals surface area (Å²) in [5.74, 6) is -0.114. The zero-order valence-corrected chi connectivity index (χ0v) is 23.8. The molecule has 0 bridgehead atoms. The number of nitrogens with zero attached hydrogens (tertiary/aromatic N) is 2. The molecule has 8 heteroatoms. The number of amides is 2. The quantitative estimate of drug-likeness (QED) is 0.321. The van der Waals surface area contributed by atoms with Crippen molar-refractivity contribution in [1.29, 1.82) is 0 Å². The Bertz CT molecular complexity index is 1280. The third-order valence-corrected chi connectivity index (χ3v) is 8.34. The van der Waals surface area contributed by atoms with Crippen LogP contribution >= 0.6 is 0 Å². The van der Waals surface area contributed by atoms with E-state index in [0.29, 0.717) is 19.4 Å². The van der Waals surface area contributed by atoms with E-state index in [1.165, 1.54) is 11.4 Å². The molecule has 0 aromatic heterocycles. The number of hydrogen-bond acceptors (Lipinski definition) is 4. The van der Waals surface area contributed by atoms with Gasteiger partial charge in [0.25, 0.3) is 0 Å². The number of rotatable bonds is 14. The molecule has 7 nitrogen and oxygen atoms in total. The molecule has 0 aliphatic rings. The van der Waals surface area contributed by atoms with Crippen molar-refractivity contribution in [3.8, 4) is 0 Å². The zero-order valence-electron chi connectivity index (χ0n) is 23.0. The number of sulfonamides is 1. The molecule has 1 N–H and O–H groups in total. The first-order chi connectivity index (χ1) is 18.7. The van der Waals surface area contributed by atoms with E-state index >= 15 is 0 Å². The van der Waals surface area contributed by atoms with Crippen molar-refractivity contribution in [2.75, 3.05) is 20.1 Å². The molecular formula is C31H39N3O4S. The topological polar surface area (TPSA) is 86.8 Å². The Morgan fingerprint density at radius 2 is 1.36 bits per heavy atom. The molecular weight excluding hydrogens is 510 g/mol. The molecule has 0 heterocycles. The van der Waals surface area contributed by atoms with Crippen LogP contribution in [-0.4, -0.2) is 55.6 Å². The molecule has 3 aromatic carbocycles. The van der Waals surface area contributed by atoms with E-state index in [2.05, 4.69) is 5.32 Å². The van der Waals surface area contributed by atoms with Crippen LogP contribution in [0.15, 0.2) is 95.9 Å². The van der Waals surface area contributed by atoms with Gasteiger partial charge in [-0.15, -0.1) is 0 Å². The smallest absolute Gasteiger partial charge is 0.243 e. The fourth-order valence-electron chi connectivity index (χ4n) is 4.25. The lowest BCUT2D eigenvalue weighted by Gasteiger charge is -2.32. The molecule has 0 aliphatic heterocycles. The van der Waals surface area contributed by atoms with Crippen LogP contribution in [0.2, 0.25) is 0 Å². The Morgan fingerprint density at radius 1 is 0.821 bits per heavy atom.